The van der Waals surface area contributed by atoms with Gasteiger partial charge in [0.05, 0.1) is 11.0 Å². The molecule has 0 unspecified atom stereocenters. The normalized spacial score (nSPS) is 11.7. The van der Waals surface area contributed by atoms with E-state index < -0.39 is 0 Å². The molecular formula is C51H30N6O2. The molecule has 0 bridgehead atoms. The maximum Gasteiger partial charge on any atom is 0.227 e. The predicted molar refractivity (Wildman–Crippen MR) is 234 cm³/mol. The molecular weight excluding hydrogens is 729 g/mol. The zero-order valence-electron chi connectivity index (χ0n) is 31.3. The minimum Gasteiger partial charge on any atom is -0.436 e. The van der Waals surface area contributed by atoms with Crippen molar-refractivity contribution in [1.29, 1.82) is 0 Å². The molecule has 12 rings (SSSR count). The highest BCUT2D eigenvalue weighted by atomic mass is 16.4. The number of hydrogen-bond donors (Lipinski definition) is 0. The lowest BCUT2D eigenvalue weighted by atomic mass is 10.0. The lowest BCUT2D eigenvalue weighted by molar-refractivity contribution is 0.617. The number of para-hydroxylation sites is 6. The SMILES string of the molecule is c1ccc(-n2c3ccccc3c3c(-c4nc(-c5cc(-c6nc7ccccc7o6)cc(-c6nc7ccccc7o6)c5)nc(-c5ccc6ccccc6c5)n4)cccc32)cc1. The molecule has 0 amide bonds. The Labute approximate surface area is 336 Å². The summed E-state index contributed by atoms with van der Waals surface area (Å²) in [6.45, 7) is 0. The van der Waals surface area contributed by atoms with Gasteiger partial charge in [0.25, 0.3) is 0 Å². The largest absolute Gasteiger partial charge is 0.436 e. The molecule has 12 aromatic rings. The van der Waals surface area contributed by atoms with E-state index in [0.29, 0.717) is 40.4 Å². The summed E-state index contributed by atoms with van der Waals surface area (Å²) in [7, 11) is 0. The smallest absolute Gasteiger partial charge is 0.227 e. The highest BCUT2D eigenvalue weighted by molar-refractivity contribution is 6.15. The molecule has 276 valence electrons. The molecule has 0 saturated heterocycles. The summed E-state index contributed by atoms with van der Waals surface area (Å²) < 4.78 is 15.0. The monoisotopic (exact) mass is 758 g/mol. The fourth-order valence-electron chi connectivity index (χ4n) is 8.14. The van der Waals surface area contributed by atoms with Crippen molar-refractivity contribution in [3.8, 4) is 62.8 Å². The van der Waals surface area contributed by atoms with Crippen LogP contribution in [0.25, 0.3) is 118 Å². The van der Waals surface area contributed by atoms with E-state index in [1.807, 2.05) is 84.9 Å². The highest BCUT2D eigenvalue weighted by Crippen LogP contribution is 2.40. The molecule has 4 aromatic heterocycles. The van der Waals surface area contributed by atoms with Crippen molar-refractivity contribution in [2.24, 2.45) is 0 Å². The van der Waals surface area contributed by atoms with Gasteiger partial charge in [-0.15, -0.1) is 0 Å². The first-order valence-corrected chi connectivity index (χ1v) is 19.4. The van der Waals surface area contributed by atoms with Crippen LogP contribution in [-0.2, 0) is 0 Å². The van der Waals surface area contributed by atoms with Crippen molar-refractivity contribution >= 4 is 54.8 Å². The van der Waals surface area contributed by atoms with Crippen LogP contribution < -0.4 is 0 Å². The summed E-state index contributed by atoms with van der Waals surface area (Å²) in [5, 5.41) is 4.39. The molecule has 4 heterocycles. The van der Waals surface area contributed by atoms with E-state index in [1.165, 1.54) is 0 Å². The van der Waals surface area contributed by atoms with Crippen LogP contribution in [0, 0.1) is 0 Å². The highest BCUT2D eigenvalue weighted by Gasteiger charge is 2.22. The molecule has 0 aliphatic rings. The Kier molecular flexibility index (Phi) is 7.36. The molecule has 59 heavy (non-hydrogen) atoms. The number of aromatic nitrogens is 6. The first kappa shape index (κ1) is 33.0. The number of nitrogens with zero attached hydrogens (tertiary/aromatic N) is 6. The Balaban J connectivity index is 1.13. The van der Waals surface area contributed by atoms with Crippen molar-refractivity contribution in [3.05, 3.63) is 182 Å². The van der Waals surface area contributed by atoms with Gasteiger partial charge in [-0.1, -0.05) is 109 Å². The molecule has 8 aromatic carbocycles. The molecule has 0 aliphatic carbocycles. The van der Waals surface area contributed by atoms with Gasteiger partial charge in [-0.25, -0.2) is 24.9 Å². The molecule has 0 radical (unpaired) electrons. The van der Waals surface area contributed by atoms with Crippen LogP contribution in [-0.4, -0.2) is 29.5 Å². The Morgan fingerprint density at radius 1 is 0.373 bits per heavy atom. The van der Waals surface area contributed by atoms with E-state index in [9.17, 15) is 0 Å². The topological polar surface area (TPSA) is 95.7 Å². The van der Waals surface area contributed by atoms with Crippen molar-refractivity contribution in [2.75, 3.05) is 0 Å². The Bertz CT molecular complexity index is 3430. The number of benzene rings is 8. The number of oxazole rings is 2. The van der Waals surface area contributed by atoms with Crippen LogP contribution in [0.5, 0.6) is 0 Å². The van der Waals surface area contributed by atoms with Gasteiger partial charge in [0, 0.05) is 44.3 Å². The second-order valence-electron chi connectivity index (χ2n) is 14.5. The quantitative estimate of drug-likeness (QED) is 0.167. The predicted octanol–water partition coefficient (Wildman–Crippen LogP) is 12.7. The average Bonchev–Trinajstić information content (AvgIpc) is 4.03. The van der Waals surface area contributed by atoms with E-state index in [1.54, 1.807) is 0 Å². The van der Waals surface area contributed by atoms with Gasteiger partial charge >= 0.3 is 0 Å². The summed E-state index contributed by atoms with van der Waals surface area (Å²) >= 11 is 0. The molecule has 0 saturated carbocycles. The molecule has 8 nitrogen and oxygen atoms in total. The lowest BCUT2D eigenvalue weighted by Gasteiger charge is -2.12. The van der Waals surface area contributed by atoms with Gasteiger partial charge in [-0.2, -0.15) is 0 Å². The lowest BCUT2D eigenvalue weighted by Crippen LogP contribution is -2.01. The van der Waals surface area contributed by atoms with Crippen molar-refractivity contribution in [1.82, 2.24) is 29.5 Å². The number of hydrogen-bond acceptors (Lipinski definition) is 7. The first-order chi connectivity index (χ1) is 29.2. The van der Waals surface area contributed by atoms with E-state index in [4.69, 9.17) is 33.8 Å². The van der Waals surface area contributed by atoms with Crippen LogP contribution in [0.15, 0.2) is 191 Å². The second-order valence-corrected chi connectivity index (χ2v) is 14.5. The minimum atomic E-state index is 0.466. The Morgan fingerprint density at radius 3 is 1.68 bits per heavy atom. The number of rotatable bonds is 6. The minimum absolute atomic E-state index is 0.466. The molecule has 0 fully saturated rings. The zero-order chi connectivity index (χ0) is 38.9. The second kappa shape index (κ2) is 13.2. The van der Waals surface area contributed by atoms with Crippen LogP contribution in [0.4, 0.5) is 0 Å². The third kappa shape index (κ3) is 5.57. The van der Waals surface area contributed by atoms with Gasteiger partial charge in [-0.05, 0) is 83.6 Å². The molecule has 8 heteroatoms. The van der Waals surface area contributed by atoms with Gasteiger partial charge in [0.2, 0.25) is 11.8 Å². The van der Waals surface area contributed by atoms with Gasteiger partial charge in [0.15, 0.2) is 28.6 Å². The zero-order valence-corrected chi connectivity index (χ0v) is 31.3. The third-order valence-corrected chi connectivity index (χ3v) is 10.9. The van der Waals surface area contributed by atoms with E-state index in [0.717, 1.165) is 77.1 Å². The maximum absolute atomic E-state index is 6.33. The summed E-state index contributed by atoms with van der Waals surface area (Å²) in [6.07, 6.45) is 0. The molecule has 0 atom stereocenters. The maximum atomic E-state index is 6.33. The number of fused-ring (bicyclic) bond motifs is 6. The molecule has 0 spiro atoms. The van der Waals surface area contributed by atoms with Crippen molar-refractivity contribution in [2.45, 2.75) is 0 Å². The van der Waals surface area contributed by atoms with Gasteiger partial charge < -0.3 is 13.4 Å². The Morgan fingerprint density at radius 2 is 0.949 bits per heavy atom. The fourth-order valence-corrected chi connectivity index (χ4v) is 8.14. The fraction of sp³-hybridized carbons (Fsp3) is 0. The summed E-state index contributed by atoms with van der Waals surface area (Å²) in [5.41, 5.74) is 10.1. The summed E-state index contributed by atoms with van der Waals surface area (Å²) in [4.78, 5) is 25.6. The van der Waals surface area contributed by atoms with Gasteiger partial charge in [-0.3, -0.25) is 0 Å². The van der Waals surface area contributed by atoms with E-state index in [-0.39, 0.29) is 0 Å². The molecule has 0 N–H and O–H groups in total. The van der Waals surface area contributed by atoms with Crippen molar-refractivity contribution in [3.63, 3.8) is 0 Å². The summed E-state index contributed by atoms with van der Waals surface area (Å²) in [6, 6.07) is 61.4. The van der Waals surface area contributed by atoms with Crippen LogP contribution >= 0.6 is 0 Å². The average molecular weight is 759 g/mol. The first-order valence-electron chi connectivity index (χ1n) is 19.4. The Hall–Kier alpha value is -8.23. The van der Waals surface area contributed by atoms with Crippen LogP contribution in [0.3, 0.4) is 0 Å². The third-order valence-electron chi connectivity index (χ3n) is 10.9. The molecule has 0 aliphatic heterocycles. The van der Waals surface area contributed by atoms with Crippen molar-refractivity contribution < 1.29 is 8.83 Å². The van der Waals surface area contributed by atoms with Crippen LogP contribution in [0.1, 0.15) is 0 Å². The standard InChI is InChI=1S/C51H30N6O2/c1-2-15-37(16-3-1)57-42-21-9-6-17-38(42)46-39(18-12-22-43(46)57)49-55-47(33-26-25-31-13-4-5-14-32(31)27-33)54-48(56-49)34-28-35(50-52-40-19-7-10-23-44(40)58-50)30-36(29-34)51-53-41-20-8-11-24-45(41)59-51/h1-30H. The van der Waals surface area contributed by atoms with E-state index in [2.05, 4.69) is 102 Å². The summed E-state index contributed by atoms with van der Waals surface area (Å²) in [5.74, 6) is 2.52. The van der Waals surface area contributed by atoms with Gasteiger partial charge in [0.1, 0.15) is 11.0 Å². The van der Waals surface area contributed by atoms with Crippen LogP contribution in [0.2, 0.25) is 0 Å². The van der Waals surface area contributed by atoms with E-state index >= 15 is 0 Å².